The summed E-state index contributed by atoms with van der Waals surface area (Å²) >= 11 is 5.80. The molecule has 0 spiro atoms. The Kier molecular flexibility index (Phi) is 4.93. The molecule has 1 aromatic rings. The van der Waals surface area contributed by atoms with E-state index in [1.165, 1.54) is 6.92 Å². The van der Waals surface area contributed by atoms with Crippen molar-refractivity contribution in [2.45, 2.75) is 18.9 Å². The number of rotatable bonds is 5. The lowest BCUT2D eigenvalue weighted by Crippen LogP contribution is -2.43. The molecule has 94 valence electrons. The summed E-state index contributed by atoms with van der Waals surface area (Å²) in [6.45, 7) is 1.07. The molecule has 1 atom stereocenters. The number of hydrogen-bond acceptors (Lipinski definition) is 3. The van der Waals surface area contributed by atoms with Crippen LogP contribution in [0.4, 0.5) is 0 Å². The van der Waals surface area contributed by atoms with Gasteiger partial charge in [-0.3, -0.25) is 4.79 Å². The van der Waals surface area contributed by atoms with E-state index in [2.05, 4.69) is 5.32 Å². The second kappa shape index (κ2) is 6.00. The summed E-state index contributed by atoms with van der Waals surface area (Å²) < 4.78 is 0. The van der Waals surface area contributed by atoms with Crippen LogP contribution >= 0.6 is 11.6 Å². The van der Waals surface area contributed by atoms with Gasteiger partial charge in [0.05, 0.1) is 13.0 Å². The third kappa shape index (κ3) is 5.17. The van der Waals surface area contributed by atoms with E-state index in [9.17, 15) is 9.90 Å². The zero-order valence-corrected chi connectivity index (χ0v) is 10.4. The normalized spacial score (nSPS) is 14.1. The van der Waals surface area contributed by atoms with Gasteiger partial charge in [0.1, 0.15) is 5.60 Å². The average Bonchev–Trinajstić information content (AvgIpc) is 2.27. The molecule has 1 aromatic carbocycles. The van der Waals surface area contributed by atoms with E-state index in [0.29, 0.717) is 5.02 Å². The first kappa shape index (κ1) is 14.0. The first-order valence-corrected chi connectivity index (χ1v) is 5.65. The summed E-state index contributed by atoms with van der Waals surface area (Å²) in [5, 5.41) is 21.4. The summed E-state index contributed by atoms with van der Waals surface area (Å²) in [7, 11) is 0. The molecule has 1 unspecified atom stereocenters. The highest BCUT2D eigenvalue weighted by atomic mass is 35.5. The fourth-order valence-corrected chi connectivity index (χ4v) is 1.45. The molecular formula is C12H16ClNO3. The summed E-state index contributed by atoms with van der Waals surface area (Å²) in [5.41, 5.74) is -0.483. The molecule has 3 N–H and O–H groups in total. The molecule has 0 aliphatic carbocycles. The molecule has 0 aromatic heterocycles. The highest BCUT2D eigenvalue weighted by Crippen LogP contribution is 2.11. The molecule has 0 bridgehead atoms. The third-order valence-corrected chi connectivity index (χ3v) is 2.50. The van der Waals surface area contributed by atoms with Crippen LogP contribution in [0.3, 0.4) is 0 Å². The monoisotopic (exact) mass is 257 g/mol. The van der Waals surface area contributed by atoms with Crippen molar-refractivity contribution < 1.29 is 15.0 Å². The third-order valence-electron chi connectivity index (χ3n) is 2.26. The minimum atomic E-state index is -1.29. The number of carbonyl (C=O) groups is 1. The van der Waals surface area contributed by atoms with Crippen LogP contribution < -0.4 is 5.32 Å². The van der Waals surface area contributed by atoms with Crippen molar-refractivity contribution in [1.82, 2.24) is 5.32 Å². The van der Waals surface area contributed by atoms with Gasteiger partial charge in [0.15, 0.2) is 0 Å². The maximum absolute atomic E-state index is 11.5. The molecule has 0 saturated carbocycles. The molecular weight excluding hydrogens is 242 g/mol. The smallest absolute Gasteiger partial charge is 0.224 e. The summed E-state index contributed by atoms with van der Waals surface area (Å²) in [6.07, 6.45) is 0.196. The van der Waals surface area contributed by atoms with Gasteiger partial charge in [0.2, 0.25) is 5.91 Å². The van der Waals surface area contributed by atoms with Gasteiger partial charge in [-0.1, -0.05) is 23.7 Å². The first-order chi connectivity index (χ1) is 7.93. The molecule has 0 radical (unpaired) electrons. The van der Waals surface area contributed by atoms with Gasteiger partial charge in [0, 0.05) is 11.6 Å². The van der Waals surface area contributed by atoms with E-state index < -0.39 is 12.2 Å². The van der Waals surface area contributed by atoms with Crippen LogP contribution in [0.25, 0.3) is 0 Å². The van der Waals surface area contributed by atoms with Gasteiger partial charge in [-0.15, -0.1) is 0 Å². The van der Waals surface area contributed by atoms with Gasteiger partial charge >= 0.3 is 0 Å². The van der Waals surface area contributed by atoms with E-state index in [4.69, 9.17) is 16.7 Å². The van der Waals surface area contributed by atoms with Crippen molar-refractivity contribution in [3.05, 3.63) is 34.9 Å². The number of carbonyl (C=O) groups excluding carboxylic acids is 1. The Morgan fingerprint density at radius 2 is 2.24 bits per heavy atom. The summed E-state index contributed by atoms with van der Waals surface area (Å²) in [4.78, 5) is 11.5. The molecule has 4 nitrogen and oxygen atoms in total. The van der Waals surface area contributed by atoms with Crippen molar-refractivity contribution in [1.29, 1.82) is 0 Å². The molecule has 1 rings (SSSR count). The predicted octanol–water partition coefficient (Wildman–Crippen LogP) is 0.742. The van der Waals surface area contributed by atoms with Crippen molar-refractivity contribution in [3.63, 3.8) is 0 Å². The van der Waals surface area contributed by atoms with E-state index in [1.54, 1.807) is 24.3 Å². The number of aliphatic hydroxyl groups is 2. The van der Waals surface area contributed by atoms with E-state index >= 15 is 0 Å². The second-order valence-electron chi connectivity index (χ2n) is 4.24. The van der Waals surface area contributed by atoms with Crippen LogP contribution in [0.1, 0.15) is 12.5 Å². The van der Waals surface area contributed by atoms with Crippen LogP contribution in [-0.2, 0) is 11.2 Å². The lowest BCUT2D eigenvalue weighted by atomic mass is 10.1. The van der Waals surface area contributed by atoms with E-state index in [0.717, 1.165) is 5.56 Å². The number of benzene rings is 1. The Balaban J connectivity index is 2.45. The Morgan fingerprint density at radius 1 is 1.53 bits per heavy atom. The number of nitrogens with one attached hydrogen (secondary N) is 1. The topological polar surface area (TPSA) is 69.6 Å². The zero-order valence-electron chi connectivity index (χ0n) is 9.61. The lowest BCUT2D eigenvalue weighted by molar-refractivity contribution is -0.121. The Labute approximate surface area is 105 Å². The van der Waals surface area contributed by atoms with Crippen LogP contribution in [0, 0.1) is 0 Å². The van der Waals surface area contributed by atoms with Gasteiger partial charge < -0.3 is 15.5 Å². The summed E-state index contributed by atoms with van der Waals surface area (Å²) in [5.74, 6) is -0.221. The average molecular weight is 258 g/mol. The fraction of sp³-hybridized carbons (Fsp3) is 0.417. The molecule has 0 fully saturated rings. The van der Waals surface area contributed by atoms with Gasteiger partial charge in [-0.25, -0.2) is 0 Å². The van der Waals surface area contributed by atoms with Crippen molar-refractivity contribution in [3.8, 4) is 0 Å². The van der Waals surface area contributed by atoms with Crippen molar-refractivity contribution in [2.24, 2.45) is 0 Å². The molecule has 1 amide bonds. The van der Waals surface area contributed by atoms with Crippen molar-refractivity contribution in [2.75, 3.05) is 13.2 Å². The lowest BCUT2D eigenvalue weighted by Gasteiger charge is -2.20. The highest BCUT2D eigenvalue weighted by molar-refractivity contribution is 6.30. The van der Waals surface area contributed by atoms with Gasteiger partial charge in [-0.05, 0) is 24.6 Å². The molecule has 0 saturated heterocycles. The number of amides is 1. The molecule has 0 heterocycles. The Bertz CT molecular complexity index is 393. The Hall–Kier alpha value is -1.10. The van der Waals surface area contributed by atoms with Gasteiger partial charge in [-0.2, -0.15) is 0 Å². The second-order valence-corrected chi connectivity index (χ2v) is 4.67. The van der Waals surface area contributed by atoms with Crippen molar-refractivity contribution >= 4 is 17.5 Å². The van der Waals surface area contributed by atoms with Crippen LogP contribution in [0.2, 0.25) is 5.02 Å². The highest BCUT2D eigenvalue weighted by Gasteiger charge is 2.19. The predicted molar refractivity (Wildman–Crippen MR) is 65.9 cm³/mol. The minimum Gasteiger partial charge on any atom is -0.393 e. The first-order valence-electron chi connectivity index (χ1n) is 5.27. The van der Waals surface area contributed by atoms with Crippen LogP contribution in [0.15, 0.2) is 24.3 Å². The SMILES string of the molecule is CC(O)(CO)CNC(=O)Cc1cccc(Cl)c1. The number of halogens is 1. The van der Waals surface area contributed by atoms with E-state index in [1.807, 2.05) is 0 Å². The van der Waals surface area contributed by atoms with Crippen LogP contribution in [-0.4, -0.2) is 34.9 Å². The molecule has 0 aliphatic heterocycles. The minimum absolute atomic E-state index is 0.0168. The number of aliphatic hydroxyl groups excluding tert-OH is 1. The summed E-state index contributed by atoms with van der Waals surface area (Å²) in [6, 6.07) is 7.02. The standard InChI is InChI=1S/C12H16ClNO3/c1-12(17,8-15)7-14-11(16)6-9-3-2-4-10(13)5-9/h2-5,15,17H,6-8H2,1H3,(H,14,16). The largest absolute Gasteiger partial charge is 0.393 e. The van der Waals surface area contributed by atoms with E-state index in [-0.39, 0.29) is 18.9 Å². The zero-order chi connectivity index (χ0) is 12.9. The number of hydrogen-bond donors (Lipinski definition) is 3. The molecule has 0 aliphatic rings. The molecule has 17 heavy (non-hydrogen) atoms. The van der Waals surface area contributed by atoms with Crippen LogP contribution in [0.5, 0.6) is 0 Å². The fourth-order valence-electron chi connectivity index (χ4n) is 1.24. The quantitative estimate of drug-likeness (QED) is 0.729. The maximum Gasteiger partial charge on any atom is 0.224 e. The maximum atomic E-state index is 11.5. The van der Waals surface area contributed by atoms with Gasteiger partial charge in [0.25, 0.3) is 0 Å². The molecule has 5 heteroatoms. The Morgan fingerprint density at radius 3 is 2.82 bits per heavy atom.